The third-order valence-electron chi connectivity index (χ3n) is 3.56. The van der Waals surface area contributed by atoms with E-state index < -0.39 is 5.91 Å². The number of hydrogen-bond acceptors (Lipinski definition) is 5. The largest absolute Gasteiger partial charge is 0.440 e. The van der Waals surface area contributed by atoms with Crippen LogP contribution in [-0.2, 0) is 0 Å². The molecule has 128 valence electrons. The predicted molar refractivity (Wildman–Crippen MR) is 97.0 cm³/mol. The van der Waals surface area contributed by atoms with Gasteiger partial charge >= 0.3 is 0 Å². The van der Waals surface area contributed by atoms with Crippen molar-refractivity contribution in [1.29, 1.82) is 0 Å². The summed E-state index contributed by atoms with van der Waals surface area (Å²) in [4.78, 5) is 31.5. The molecule has 6 nitrogen and oxygen atoms in total. The average molecular weight is 355 g/mol. The van der Waals surface area contributed by atoms with Crippen molar-refractivity contribution < 1.29 is 14.0 Å². The topological polar surface area (TPSA) is 75.4 Å². The maximum absolute atomic E-state index is 12.6. The molecule has 0 aliphatic heterocycles. The van der Waals surface area contributed by atoms with Gasteiger partial charge in [0.15, 0.2) is 5.69 Å². The van der Waals surface area contributed by atoms with Gasteiger partial charge in [-0.2, -0.15) is 0 Å². The first kappa shape index (κ1) is 16.9. The van der Waals surface area contributed by atoms with E-state index in [4.69, 9.17) is 4.42 Å². The summed E-state index contributed by atoms with van der Waals surface area (Å²) in [7, 11) is 3.33. The third kappa shape index (κ3) is 3.46. The van der Waals surface area contributed by atoms with Gasteiger partial charge in [-0.25, -0.2) is 4.98 Å². The van der Waals surface area contributed by atoms with Crippen molar-refractivity contribution in [3.8, 4) is 10.8 Å². The van der Waals surface area contributed by atoms with Gasteiger partial charge in [-0.05, 0) is 30.5 Å². The fraction of sp³-hybridized carbons (Fsp3) is 0.167. The van der Waals surface area contributed by atoms with Crippen LogP contribution >= 0.6 is 11.3 Å². The molecule has 25 heavy (non-hydrogen) atoms. The monoisotopic (exact) mass is 355 g/mol. The lowest BCUT2D eigenvalue weighted by Gasteiger charge is -2.14. The lowest BCUT2D eigenvalue weighted by Crippen LogP contribution is -2.24. The highest BCUT2D eigenvalue weighted by atomic mass is 32.1. The van der Waals surface area contributed by atoms with Crippen molar-refractivity contribution in [2.45, 2.75) is 6.92 Å². The lowest BCUT2D eigenvalue weighted by molar-refractivity contribution is 0.0828. The molecule has 0 fully saturated rings. The van der Waals surface area contributed by atoms with Crippen molar-refractivity contribution in [1.82, 2.24) is 9.88 Å². The Bertz CT molecular complexity index is 914. The van der Waals surface area contributed by atoms with Crippen molar-refractivity contribution in [2.75, 3.05) is 19.4 Å². The molecule has 3 rings (SSSR count). The first-order valence-electron chi connectivity index (χ1n) is 7.60. The number of nitrogens with zero attached hydrogens (tertiary/aromatic N) is 2. The van der Waals surface area contributed by atoms with E-state index >= 15 is 0 Å². The summed E-state index contributed by atoms with van der Waals surface area (Å²) >= 11 is 1.49. The van der Waals surface area contributed by atoms with Crippen LogP contribution in [0.3, 0.4) is 0 Å². The van der Waals surface area contributed by atoms with E-state index in [-0.39, 0.29) is 11.6 Å². The average Bonchev–Trinajstić information content (AvgIpc) is 3.24. The van der Waals surface area contributed by atoms with E-state index in [1.165, 1.54) is 16.2 Å². The SMILES string of the molecule is Cc1oc(-c2cccs2)nc1C(=O)Nc1ccccc1C(=O)N(C)C. The Morgan fingerprint density at radius 2 is 1.92 bits per heavy atom. The van der Waals surface area contributed by atoms with E-state index in [1.807, 2.05) is 17.5 Å². The minimum Gasteiger partial charge on any atom is -0.440 e. The van der Waals surface area contributed by atoms with E-state index in [2.05, 4.69) is 10.3 Å². The molecule has 0 aliphatic rings. The zero-order valence-electron chi connectivity index (χ0n) is 14.1. The standard InChI is InChI=1S/C18H17N3O3S/c1-11-15(20-17(24-11)14-9-6-10-25-14)16(22)19-13-8-5-4-7-12(13)18(23)21(2)3/h4-10H,1-3H3,(H,19,22). The van der Waals surface area contributed by atoms with Gasteiger partial charge in [0.2, 0.25) is 5.89 Å². The second-order valence-corrected chi connectivity index (χ2v) is 6.55. The zero-order valence-corrected chi connectivity index (χ0v) is 14.9. The third-order valence-corrected chi connectivity index (χ3v) is 4.41. The Labute approximate surface area is 149 Å². The molecule has 2 heterocycles. The Morgan fingerprint density at radius 1 is 1.16 bits per heavy atom. The molecule has 0 bridgehead atoms. The number of anilines is 1. The summed E-state index contributed by atoms with van der Waals surface area (Å²) in [5, 5.41) is 4.67. The molecule has 0 aliphatic carbocycles. The van der Waals surface area contributed by atoms with Crippen molar-refractivity contribution in [3.05, 3.63) is 58.8 Å². The van der Waals surface area contributed by atoms with E-state index in [0.717, 1.165) is 4.88 Å². The van der Waals surface area contributed by atoms with E-state index in [0.29, 0.717) is 22.9 Å². The summed E-state index contributed by atoms with van der Waals surface area (Å²) in [6.07, 6.45) is 0. The highest BCUT2D eigenvalue weighted by molar-refractivity contribution is 7.13. The summed E-state index contributed by atoms with van der Waals surface area (Å²) < 4.78 is 5.60. The molecular formula is C18H17N3O3S. The molecule has 0 atom stereocenters. The second kappa shape index (κ2) is 6.90. The predicted octanol–water partition coefficient (Wildman–Crippen LogP) is 3.67. The van der Waals surface area contributed by atoms with Crippen LogP contribution in [-0.4, -0.2) is 35.8 Å². The van der Waals surface area contributed by atoms with Gasteiger partial charge in [0.1, 0.15) is 5.76 Å². The molecule has 7 heteroatoms. The number of carbonyl (C=O) groups excluding carboxylic acids is 2. The van der Waals surface area contributed by atoms with Crippen LogP contribution in [0.1, 0.15) is 26.6 Å². The van der Waals surface area contributed by atoms with Gasteiger partial charge in [-0.15, -0.1) is 11.3 Å². The van der Waals surface area contributed by atoms with Crippen LogP contribution < -0.4 is 5.32 Å². The van der Waals surface area contributed by atoms with Gasteiger partial charge in [0.25, 0.3) is 11.8 Å². The summed E-state index contributed by atoms with van der Waals surface area (Å²) in [6, 6.07) is 10.6. The number of nitrogens with one attached hydrogen (secondary N) is 1. The lowest BCUT2D eigenvalue weighted by atomic mass is 10.1. The van der Waals surface area contributed by atoms with E-state index in [1.54, 1.807) is 45.3 Å². The van der Waals surface area contributed by atoms with Crippen molar-refractivity contribution in [3.63, 3.8) is 0 Å². The van der Waals surface area contributed by atoms with Crippen LogP contribution in [0.5, 0.6) is 0 Å². The number of rotatable bonds is 4. The fourth-order valence-corrected chi connectivity index (χ4v) is 2.96. The number of para-hydroxylation sites is 1. The van der Waals surface area contributed by atoms with Crippen LogP contribution in [0, 0.1) is 6.92 Å². The van der Waals surface area contributed by atoms with Crippen molar-refractivity contribution in [2.24, 2.45) is 0 Å². The quantitative estimate of drug-likeness (QED) is 0.775. The smallest absolute Gasteiger partial charge is 0.277 e. The minimum atomic E-state index is -0.414. The van der Waals surface area contributed by atoms with Crippen LogP contribution in [0.25, 0.3) is 10.8 Å². The zero-order chi connectivity index (χ0) is 18.0. The van der Waals surface area contributed by atoms with Crippen LogP contribution in [0.4, 0.5) is 5.69 Å². The molecule has 1 aromatic carbocycles. The molecular weight excluding hydrogens is 338 g/mol. The van der Waals surface area contributed by atoms with Gasteiger partial charge in [-0.3, -0.25) is 9.59 Å². The first-order valence-corrected chi connectivity index (χ1v) is 8.48. The number of amides is 2. The number of oxazole rings is 1. The number of benzene rings is 1. The second-order valence-electron chi connectivity index (χ2n) is 5.60. The highest BCUT2D eigenvalue weighted by Gasteiger charge is 2.21. The molecule has 3 aromatic rings. The highest BCUT2D eigenvalue weighted by Crippen LogP contribution is 2.26. The Kier molecular flexibility index (Phi) is 4.67. The van der Waals surface area contributed by atoms with Crippen LogP contribution in [0.15, 0.2) is 46.2 Å². The maximum Gasteiger partial charge on any atom is 0.277 e. The number of thiophene rings is 1. The number of aryl methyl sites for hydroxylation is 1. The Hall–Kier alpha value is -2.93. The molecule has 0 spiro atoms. The Morgan fingerprint density at radius 3 is 2.60 bits per heavy atom. The summed E-state index contributed by atoms with van der Waals surface area (Å²) in [6.45, 7) is 1.69. The van der Waals surface area contributed by atoms with Gasteiger partial charge in [-0.1, -0.05) is 18.2 Å². The molecule has 2 amide bonds. The fourth-order valence-electron chi connectivity index (χ4n) is 2.31. The maximum atomic E-state index is 12.6. The van der Waals surface area contributed by atoms with Crippen molar-refractivity contribution >= 4 is 28.8 Å². The molecule has 0 saturated heterocycles. The van der Waals surface area contributed by atoms with E-state index in [9.17, 15) is 9.59 Å². The molecule has 0 radical (unpaired) electrons. The minimum absolute atomic E-state index is 0.188. The van der Waals surface area contributed by atoms with Crippen LogP contribution in [0.2, 0.25) is 0 Å². The van der Waals surface area contributed by atoms with Gasteiger partial charge in [0, 0.05) is 14.1 Å². The normalized spacial score (nSPS) is 10.5. The molecule has 2 aromatic heterocycles. The number of carbonyl (C=O) groups is 2. The Balaban J connectivity index is 1.88. The van der Waals surface area contributed by atoms with Gasteiger partial charge in [0.05, 0.1) is 16.1 Å². The molecule has 0 unspecified atom stereocenters. The first-order chi connectivity index (χ1) is 12.0. The number of aromatic nitrogens is 1. The number of hydrogen-bond donors (Lipinski definition) is 1. The molecule has 1 N–H and O–H groups in total. The molecule has 0 saturated carbocycles. The van der Waals surface area contributed by atoms with Gasteiger partial charge < -0.3 is 14.6 Å². The summed E-state index contributed by atoms with van der Waals surface area (Å²) in [5.74, 6) is 0.239. The summed E-state index contributed by atoms with van der Waals surface area (Å²) in [5.41, 5.74) is 1.06.